The minimum absolute atomic E-state index is 0.0686. The smallest absolute Gasteiger partial charge is 0.341 e. The Hall–Kier alpha value is -2.18. The Labute approximate surface area is 169 Å². The standard InChI is InChI=1S/C22H26N2O3S/c1-27-22(26)20-17-9-3-2-4-10-18(17)28-21(20)23-19(25)14-24-12-11-15-7-5-6-8-16(15)13-24/h5-8H,2-4,9-14H2,1H3,(H,23,25). The molecule has 148 valence electrons. The maximum absolute atomic E-state index is 12.7. The number of amides is 1. The first-order chi connectivity index (χ1) is 13.7. The molecule has 6 heteroatoms. The molecule has 4 rings (SSSR count). The highest BCUT2D eigenvalue weighted by Crippen LogP contribution is 2.38. The van der Waals surface area contributed by atoms with E-state index in [0.717, 1.165) is 50.8 Å². The van der Waals surface area contributed by atoms with Crippen LogP contribution in [0, 0.1) is 0 Å². The molecule has 0 atom stereocenters. The Morgan fingerprint density at radius 2 is 1.89 bits per heavy atom. The van der Waals surface area contributed by atoms with E-state index in [4.69, 9.17) is 4.74 Å². The van der Waals surface area contributed by atoms with Gasteiger partial charge in [-0.1, -0.05) is 30.7 Å². The van der Waals surface area contributed by atoms with E-state index in [1.165, 1.54) is 29.5 Å². The van der Waals surface area contributed by atoms with Crippen molar-refractivity contribution in [2.75, 3.05) is 25.5 Å². The van der Waals surface area contributed by atoms with Gasteiger partial charge in [-0.15, -0.1) is 11.3 Å². The number of carbonyl (C=O) groups is 2. The third kappa shape index (κ3) is 3.98. The number of thiophene rings is 1. The number of nitrogens with one attached hydrogen (secondary N) is 1. The molecule has 0 fully saturated rings. The highest BCUT2D eigenvalue weighted by atomic mass is 32.1. The number of nitrogens with zero attached hydrogens (tertiary/aromatic N) is 1. The Morgan fingerprint density at radius 3 is 2.71 bits per heavy atom. The van der Waals surface area contributed by atoms with E-state index in [2.05, 4.69) is 28.4 Å². The SMILES string of the molecule is COC(=O)c1c(NC(=O)CN2CCc3ccccc3C2)sc2c1CCCCC2. The van der Waals surface area contributed by atoms with Crippen molar-refractivity contribution < 1.29 is 14.3 Å². The zero-order chi connectivity index (χ0) is 19.5. The van der Waals surface area contributed by atoms with Crippen LogP contribution < -0.4 is 5.32 Å². The Morgan fingerprint density at radius 1 is 1.11 bits per heavy atom. The van der Waals surface area contributed by atoms with E-state index in [1.807, 2.05) is 6.07 Å². The van der Waals surface area contributed by atoms with Crippen molar-refractivity contribution in [2.45, 2.75) is 45.1 Å². The number of anilines is 1. The third-order valence-electron chi connectivity index (χ3n) is 5.64. The number of methoxy groups -OCH3 is 1. The average molecular weight is 399 g/mol. The molecule has 2 aliphatic rings. The van der Waals surface area contributed by atoms with Crippen LogP contribution in [0.5, 0.6) is 0 Å². The number of fused-ring (bicyclic) bond motifs is 2. The summed E-state index contributed by atoms with van der Waals surface area (Å²) in [6.45, 7) is 1.99. The normalized spacial score (nSPS) is 16.6. The van der Waals surface area contributed by atoms with Crippen LogP contribution >= 0.6 is 11.3 Å². The van der Waals surface area contributed by atoms with Gasteiger partial charge in [0.2, 0.25) is 5.91 Å². The fourth-order valence-corrected chi connectivity index (χ4v) is 5.50. The van der Waals surface area contributed by atoms with Gasteiger partial charge in [0.1, 0.15) is 5.00 Å². The molecule has 0 spiro atoms. The van der Waals surface area contributed by atoms with Crippen molar-refractivity contribution in [3.8, 4) is 0 Å². The molecule has 0 bridgehead atoms. The van der Waals surface area contributed by atoms with E-state index < -0.39 is 0 Å². The molecule has 1 aromatic carbocycles. The van der Waals surface area contributed by atoms with Gasteiger partial charge in [0.05, 0.1) is 19.2 Å². The molecule has 1 aromatic heterocycles. The van der Waals surface area contributed by atoms with Gasteiger partial charge in [0, 0.05) is 18.0 Å². The monoisotopic (exact) mass is 398 g/mol. The van der Waals surface area contributed by atoms with Gasteiger partial charge in [-0.05, 0) is 48.8 Å². The molecule has 1 aliphatic carbocycles. The highest BCUT2D eigenvalue weighted by Gasteiger charge is 2.27. The molecule has 5 nitrogen and oxygen atoms in total. The topological polar surface area (TPSA) is 58.6 Å². The summed E-state index contributed by atoms with van der Waals surface area (Å²) in [5.41, 5.74) is 4.31. The van der Waals surface area contributed by atoms with Gasteiger partial charge < -0.3 is 10.1 Å². The van der Waals surface area contributed by atoms with Gasteiger partial charge in [-0.2, -0.15) is 0 Å². The zero-order valence-electron chi connectivity index (χ0n) is 16.3. The maximum Gasteiger partial charge on any atom is 0.341 e. The highest BCUT2D eigenvalue weighted by molar-refractivity contribution is 7.17. The number of rotatable bonds is 4. The number of hydrogen-bond acceptors (Lipinski definition) is 5. The summed E-state index contributed by atoms with van der Waals surface area (Å²) in [7, 11) is 1.40. The minimum atomic E-state index is -0.346. The van der Waals surface area contributed by atoms with Crippen LogP contribution in [0.3, 0.4) is 0 Å². The van der Waals surface area contributed by atoms with Crippen molar-refractivity contribution in [3.63, 3.8) is 0 Å². The summed E-state index contributed by atoms with van der Waals surface area (Å²) < 4.78 is 5.02. The summed E-state index contributed by atoms with van der Waals surface area (Å²) in [6, 6.07) is 8.40. The summed E-state index contributed by atoms with van der Waals surface area (Å²) in [4.78, 5) is 28.5. The second-order valence-electron chi connectivity index (χ2n) is 7.54. The van der Waals surface area contributed by atoms with Crippen molar-refractivity contribution >= 4 is 28.2 Å². The van der Waals surface area contributed by atoms with Gasteiger partial charge in [0.25, 0.3) is 0 Å². The number of hydrogen-bond donors (Lipinski definition) is 1. The summed E-state index contributed by atoms with van der Waals surface area (Å²) in [5, 5.41) is 3.67. The summed E-state index contributed by atoms with van der Waals surface area (Å²) in [5.74, 6) is -0.414. The number of aryl methyl sites for hydroxylation is 1. The predicted octanol–water partition coefficient (Wildman–Crippen LogP) is 3.80. The minimum Gasteiger partial charge on any atom is -0.465 e. The van der Waals surface area contributed by atoms with E-state index in [-0.39, 0.29) is 11.9 Å². The van der Waals surface area contributed by atoms with E-state index in [0.29, 0.717) is 17.1 Å². The summed E-state index contributed by atoms with van der Waals surface area (Å²) in [6.07, 6.45) is 6.21. The second-order valence-corrected chi connectivity index (χ2v) is 8.64. The van der Waals surface area contributed by atoms with Crippen LogP contribution in [-0.4, -0.2) is 37.0 Å². The Bertz CT molecular complexity index is 890. The first-order valence-corrected chi connectivity index (χ1v) is 10.8. The lowest BCUT2D eigenvalue weighted by Crippen LogP contribution is -2.37. The lowest BCUT2D eigenvalue weighted by atomic mass is 10.00. The Kier molecular flexibility index (Phi) is 5.78. The Balaban J connectivity index is 1.48. The number of carbonyl (C=O) groups excluding carboxylic acids is 2. The van der Waals surface area contributed by atoms with Crippen LogP contribution in [0.25, 0.3) is 0 Å². The largest absolute Gasteiger partial charge is 0.465 e. The molecule has 0 saturated heterocycles. The maximum atomic E-state index is 12.7. The third-order valence-corrected chi connectivity index (χ3v) is 6.85. The molecule has 2 heterocycles. The van der Waals surface area contributed by atoms with Gasteiger partial charge in [0.15, 0.2) is 0 Å². The molecule has 0 saturated carbocycles. The van der Waals surface area contributed by atoms with E-state index in [9.17, 15) is 9.59 Å². The fraction of sp³-hybridized carbons (Fsp3) is 0.455. The molecular formula is C22H26N2O3S. The van der Waals surface area contributed by atoms with Crippen LogP contribution in [0.2, 0.25) is 0 Å². The van der Waals surface area contributed by atoms with Crippen LogP contribution in [0.15, 0.2) is 24.3 Å². The molecule has 1 aliphatic heterocycles. The number of esters is 1. The van der Waals surface area contributed by atoms with E-state index >= 15 is 0 Å². The molecule has 0 radical (unpaired) electrons. The van der Waals surface area contributed by atoms with Gasteiger partial charge in [-0.25, -0.2) is 4.79 Å². The molecule has 28 heavy (non-hydrogen) atoms. The first kappa shape index (κ1) is 19.2. The van der Waals surface area contributed by atoms with Crippen molar-refractivity contribution in [1.29, 1.82) is 0 Å². The lowest BCUT2D eigenvalue weighted by Gasteiger charge is -2.28. The molecule has 1 amide bonds. The quantitative estimate of drug-likeness (QED) is 0.629. The first-order valence-electron chi connectivity index (χ1n) is 9.97. The van der Waals surface area contributed by atoms with Crippen molar-refractivity contribution in [3.05, 3.63) is 51.4 Å². The van der Waals surface area contributed by atoms with Crippen LogP contribution in [0.4, 0.5) is 5.00 Å². The van der Waals surface area contributed by atoms with Crippen LogP contribution in [0.1, 0.15) is 51.2 Å². The molecule has 0 unspecified atom stereocenters. The van der Waals surface area contributed by atoms with Gasteiger partial charge in [-0.3, -0.25) is 9.69 Å². The van der Waals surface area contributed by atoms with Crippen LogP contribution in [-0.2, 0) is 35.3 Å². The fourth-order valence-electron chi connectivity index (χ4n) is 4.21. The predicted molar refractivity (Wildman–Crippen MR) is 111 cm³/mol. The van der Waals surface area contributed by atoms with Gasteiger partial charge >= 0.3 is 5.97 Å². The van der Waals surface area contributed by atoms with Crippen molar-refractivity contribution in [1.82, 2.24) is 4.90 Å². The van der Waals surface area contributed by atoms with E-state index in [1.54, 1.807) is 11.3 Å². The number of ether oxygens (including phenoxy) is 1. The second kappa shape index (κ2) is 8.45. The zero-order valence-corrected chi connectivity index (χ0v) is 17.1. The molecule has 2 aromatic rings. The molecular weight excluding hydrogens is 372 g/mol. The molecule has 1 N–H and O–H groups in total. The number of benzene rings is 1. The lowest BCUT2D eigenvalue weighted by molar-refractivity contribution is -0.117. The van der Waals surface area contributed by atoms with Crippen molar-refractivity contribution in [2.24, 2.45) is 0 Å². The summed E-state index contributed by atoms with van der Waals surface area (Å²) >= 11 is 1.55. The average Bonchev–Trinajstić information content (AvgIpc) is 2.87.